The molecule has 1 spiro atoms. The van der Waals surface area contributed by atoms with Gasteiger partial charge in [0.05, 0.1) is 5.92 Å². The topological polar surface area (TPSA) is 49.8 Å². The zero-order valence-corrected chi connectivity index (χ0v) is 12.7. The Kier molecular flexibility index (Phi) is 4.20. The number of carboxylic acid groups (broad SMARTS) is 1. The van der Waals surface area contributed by atoms with E-state index in [1.165, 1.54) is 0 Å². The summed E-state index contributed by atoms with van der Waals surface area (Å²) in [4.78, 5) is 13.9. The Morgan fingerprint density at radius 3 is 2.86 bits per heavy atom. The minimum atomic E-state index is -0.675. The molecule has 4 nitrogen and oxygen atoms in total. The minimum Gasteiger partial charge on any atom is -0.481 e. The highest BCUT2D eigenvalue weighted by Crippen LogP contribution is 2.44. The molecule has 2 aliphatic rings. The maximum absolute atomic E-state index is 11.6. The van der Waals surface area contributed by atoms with Gasteiger partial charge in [-0.15, -0.1) is 0 Å². The van der Waals surface area contributed by atoms with Crippen LogP contribution in [0.1, 0.15) is 18.4 Å². The van der Waals surface area contributed by atoms with E-state index in [1.54, 1.807) is 0 Å². The van der Waals surface area contributed by atoms with Gasteiger partial charge in [-0.2, -0.15) is 0 Å². The van der Waals surface area contributed by atoms with Crippen LogP contribution in [0.5, 0.6) is 0 Å². The molecule has 114 valence electrons. The predicted octanol–water partition coefficient (Wildman–Crippen LogP) is 2.65. The Morgan fingerprint density at radius 1 is 1.43 bits per heavy atom. The highest BCUT2D eigenvalue weighted by molar-refractivity contribution is 6.30. The molecule has 2 saturated heterocycles. The van der Waals surface area contributed by atoms with Crippen LogP contribution in [-0.2, 0) is 16.1 Å². The van der Waals surface area contributed by atoms with Crippen LogP contribution in [-0.4, -0.2) is 42.3 Å². The van der Waals surface area contributed by atoms with Crippen LogP contribution in [0.3, 0.4) is 0 Å². The first-order valence-electron chi connectivity index (χ1n) is 7.36. The lowest BCUT2D eigenvalue weighted by Crippen LogP contribution is -2.40. The van der Waals surface area contributed by atoms with Gasteiger partial charge in [0.2, 0.25) is 0 Å². The van der Waals surface area contributed by atoms with Crippen molar-refractivity contribution in [2.75, 3.05) is 26.3 Å². The maximum Gasteiger partial charge on any atom is 0.308 e. The molecular formula is C16H20ClNO3. The highest BCUT2D eigenvalue weighted by atomic mass is 35.5. The number of carboxylic acids is 1. The molecule has 0 aliphatic carbocycles. The number of rotatable bonds is 3. The summed E-state index contributed by atoms with van der Waals surface area (Å²) in [5, 5.41) is 10.3. The Hall–Kier alpha value is -1.10. The predicted molar refractivity (Wildman–Crippen MR) is 80.3 cm³/mol. The molecule has 1 aromatic rings. The van der Waals surface area contributed by atoms with Gasteiger partial charge in [0.1, 0.15) is 0 Å². The summed E-state index contributed by atoms with van der Waals surface area (Å²) in [5.74, 6) is -0.967. The van der Waals surface area contributed by atoms with Crippen molar-refractivity contribution >= 4 is 17.6 Å². The molecule has 0 unspecified atom stereocenters. The molecule has 0 aromatic heterocycles. The van der Waals surface area contributed by atoms with Gasteiger partial charge >= 0.3 is 5.97 Å². The zero-order chi connectivity index (χ0) is 14.9. The van der Waals surface area contributed by atoms with Crippen molar-refractivity contribution in [2.24, 2.45) is 11.3 Å². The Bertz CT molecular complexity index is 528. The molecule has 0 saturated carbocycles. The van der Waals surface area contributed by atoms with E-state index >= 15 is 0 Å². The molecule has 1 aromatic carbocycles. The van der Waals surface area contributed by atoms with E-state index in [-0.39, 0.29) is 11.3 Å². The molecule has 1 N–H and O–H groups in total. The number of hydrogen-bond acceptors (Lipinski definition) is 3. The minimum absolute atomic E-state index is 0.122. The van der Waals surface area contributed by atoms with Crippen molar-refractivity contribution in [1.82, 2.24) is 4.90 Å². The van der Waals surface area contributed by atoms with E-state index < -0.39 is 5.97 Å². The lowest BCUT2D eigenvalue weighted by Gasteiger charge is -2.36. The normalized spacial score (nSPS) is 25.3. The summed E-state index contributed by atoms with van der Waals surface area (Å²) in [5.41, 5.74) is 1.01. The van der Waals surface area contributed by atoms with Gasteiger partial charge in [-0.1, -0.05) is 23.7 Å². The van der Waals surface area contributed by atoms with Gasteiger partial charge in [0.25, 0.3) is 0 Å². The van der Waals surface area contributed by atoms with Gasteiger partial charge in [-0.3, -0.25) is 9.69 Å². The fraction of sp³-hybridized carbons (Fsp3) is 0.562. The second-order valence-electron chi connectivity index (χ2n) is 6.17. The van der Waals surface area contributed by atoms with Crippen molar-refractivity contribution in [3.8, 4) is 0 Å². The molecule has 0 amide bonds. The van der Waals surface area contributed by atoms with Crippen LogP contribution in [0.2, 0.25) is 5.02 Å². The van der Waals surface area contributed by atoms with Crippen molar-refractivity contribution in [3.63, 3.8) is 0 Å². The SMILES string of the molecule is O=C(O)[C@H]1CN(Cc2cccc(Cl)c2)CC12CCOCC2. The Labute approximate surface area is 129 Å². The molecule has 5 heteroatoms. The lowest BCUT2D eigenvalue weighted by molar-refractivity contribution is -0.146. The first-order chi connectivity index (χ1) is 10.1. The summed E-state index contributed by atoms with van der Waals surface area (Å²) < 4.78 is 5.42. The second-order valence-corrected chi connectivity index (χ2v) is 6.60. The summed E-state index contributed by atoms with van der Waals surface area (Å²) in [6.07, 6.45) is 1.69. The van der Waals surface area contributed by atoms with Crippen molar-refractivity contribution in [1.29, 1.82) is 0 Å². The molecule has 0 bridgehead atoms. The summed E-state index contributed by atoms with van der Waals surface area (Å²) >= 11 is 6.02. The molecular weight excluding hydrogens is 290 g/mol. The van der Waals surface area contributed by atoms with Crippen molar-refractivity contribution < 1.29 is 14.6 Å². The number of benzene rings is 1. The van der Waals surface area contributed by atoms with Gasteiger partial charge in [0.15, 0.2) is 0 Å². The first kappa shape index (κ1) is 14.8. The van der Waals surface area contributed by atoms with Crippen LogP contribution >= 0.6 is 11.6 Å². The van der Waals surface area contributed by atoms with E-state index in [4.69, 9.17) is 16.3 Å². The van der Waals surface area contributed by atoms with Crippen LogP contribution in [0, 0.1) is 11.3 Å². The van der Waals surface area contributed by atoms with Crippen LogP contribution in [0.15, 0.2) is 24.3 Å². The largest absolute Gasteiger partial charge is 0.481 e. The fourth-order valence-corrected chi connectivity index (χ4v) is 3.92. The van der Waals surface area contributed by atoms with E-state index in [0.29, 0.717) is 19.8 Å². The number of hydrogen-bond donors (Lipinski definition) is 1. The summed E-state index contributed by atoms with van der Waals surface area (Å²) in [6, 6.07) is 7.78. The molecule has 2 fully saturated rings. The molecule has 21 heavy (non-hydrogen) atoms. The quantitative estimate of drug-likeness (QED) is 0.932. The van der Waals surface area contributed by atoms with E-state index in [2.05, 4.69) is 4.90 Å². The number of ether oxygens (including phenoxy) is 1. The third-order valence-electron chi connectivity index (χ3n) is 4.80. The fourth-order valence-electron chi connectivity index (χ4n) is 3.71. The molecule has 2 heterocycles. The monoisotopic (exact) mass is 309 g/mol. The van der Waals surface area contributed by atoms with E-state index in [1.807, 2.05) is 24.3 Å². The van der Waals surface area contributed by atoms with Crippen molar-refractivity contribution in [3.05, 3.63) is 34.9 Å². The third kappa shape index (κ3) is 3.07. The average Bonchev–Trinajstić information content (AvgIpc) is 2.78. The Balaban J connectivity index is 1.75. The van der Waals surface area contributed by atoms with Gasteiger partial charge in [-0.05, 0) is 30.5 Å². The van der Waals surface area contributed by atoms with Gasteiger partial charge in [-0.25, -0.2) is 0 Å². The first-order valence-corrected chi connectivity index (χ1v) is 7.74. The van der Waals surface area contributed by atoms with Crippen LogP contribution in [0.4, 0.5) is 0 Å². The standard InChI is InChI=1S/C16H20ClNO3/c17-13-3-1-2-12(8-13)9-18-10-14(15(19)20)16(11-18)4-6-21-7-5-16/h1-3,8,14H,4-7,9-11H2,(H,19,20)/t14-/m1/s1. The van der Waals surface area contributed by atoms with Crippen molar-refractivity contribution in [2.45, 2.75) is 19.4 Å². The number of aliphatic carboxylic acids is 1. The summed E-state index contributed by atoms with van der Waals surface area (Å²) in [6.45, 7) is 3.55. The van der Waals surface area contributed by atoms with E-state index in [9.17, 15) is 9.90 Å². The number of halogens is 1. The van der Waals surface area contributed by atoms with Crippen LogP contribution in [0.25, 0.3) is 0 Å². The number of nitrogens with zero attached hydrogens (tertiary/aromatic N) is 1. The smallest absolute Gasteiger partial charge is 0.308 e. The lowest BCUT2D eigenvalue weighted by atomic mass is 9.72. The third-order valence-corrected chi connectivity index (χ3v) is 5.04. The molecule has 1 atom stereocenters. The second kappa shape index (κ2) is 5.95. The average molecular weight is 310 g/mol. The van der Waals surface area contributed by atoms with Gasteiger partial charge < -0.3 is 9.84 Å². The van der Waals surface area contributed by atoms with Gasteiger partial charge in [0, 0.05) is 43.3 Å². The number of likely N-dealkylation sites (tertiary alicyclic amines) is 1. The number of carbonyl (C=O) groups is 1. The van der Waals surface area contributed by atoms with E-state index in [0.717, 1.165) is 36.5 Å². The summed E-state index contributed by atoms with van der Waals surface area (Å²) in [7, 11) is 0. The highest BCUT2D eigenvalue weighted by Gasteiger charge is 2.50. The molecule has 3 rings (SSSR count). The molecule has 0 radical (unpaired) electrons. The maximum atomic E-state index is 11.6. The van der Waals surface area contributed by atoms with Crippen LogP contribution < -0.4 is 0 Å². The Morgan fingerprint density at radius 2 is 2.19 bits per heavy atom. The molecule has 2 aliphatic heterocycles. The zero-order valence-electron chi connectivity index (χ0n) is 11.9.